The van der Waals surface area contributed by atoms with Gasteiger partial charge in [0.25, 0.3) is 0 Å². The van der Waals surface area contributed by atoms with Crippen LogP contribution in [-0.4, -0.2) is 18.6 Å². The van der Waals surface area contributed by atoms with Crippen LogP contribution in [0.4, 0.5) is 0 Å². The maximum absolute atomic E-state index is 5.33. The average molecular weight is 302 g/mol. The molecule has 1 aliphatic rings. The topological polar surface area (TPSA) is 34.1 Å². The van der Waals surface area contributed by atoms with Crippen LogP contribution >= 0.6 is 11.3 Å². The van der Waals surface area contributed by atoms with Crippen LogP contribution in [0.3, 0.4) is 0 Å². The summed E-state index contributed by atoms with van der Waals surface area (Å²) < 4.78 is 5.33. The standard InChI is InChI=1S/C17H22N2OS/c1-12-19-14(11-21-12)8-9-18-17-5-3-4-13-10-15(20-2)6-7-16(13)17/h6-7,10-11,17-18H,3-5,8-9H2,1-2H3. The first kappa shape index (κ1) is 14.5. The Balaban J connectivity index is 1.62. The zero-order chi connectivity index (χ0) is 14.7. The van der Waals surface area contributed by atoms with E-state index >= 15 is 0 Å². The molecule has 1 N–H and O–H groups in total. The molecule has 0 radical (unpaired) electrons. The number of fused-ring (bicyclic) bond motifs is 1. The number of nitrogens with zero attached hydrogens (tertiary/aromatic N) is 1. The van der Waals surface area contributed by atoms with E-state index in [1.54, 1.807) is 18.4 Å². The summed E-state index contributed by atoms with van der Waals surface area (Å²) in [5.41, 5.74) is 4.08. The van der Waals surface area contributed by atoms with Crippen LogP contribution in [0.1, 0.15) is 40.7 Å². The van der Waals surface area contributed by atoms with E-state index in [1.165, 1.54) is 29.7 Å². The highest BCUT2D eigenvalue weighted by molar-refractivity contribution is 7.09. The molecule has 4 heteroatoms. The van der Waals surface area contributed by atoms with Crippen molar-refractivity contribution in [2.75, 3.05) is 13.7 Å². The SMILES string of the molecule is COc1ccc2c(c1)CCCC2NCCc1csc(C)n1. The number of hydrogen-bond donors (Lipinski definition) is 1. The van der Waals surface area contributed by atoms with Crippen molar-refractivity contribution in [1.29, 1.82) is 0 Å². The molecule has 3 rings (SSSR count). The number of rotatable bonds is 5. The molecule has 0 amide bonds. The van der Waals surface area contributed by atoms with Crippen molar-refractivity contribution in [3.8, 4) is 5.75 Å². The molecule has 0 saturated carbocycles. The molecular formula is C17H22N2OS. The summed E-state index contributed by atoms with van der Waals surface area (Å²) in [5.74, 6) is 0.965. The van der Waals surface area contributed by atoms with Gasteiger partial charge in [0.15, 0.2) is 0 Å². The van der Waals surface area contributed by atoms with Crippen LogP contribution in [-0.2, 0) is 12.8 Å². The van der Waals surface area contributed by atoms with E-state index in [0.29, 0.717) is 6.04 Å². The second-order valence-corrected chi connectivity index (χ2v) is 6.63. The minimum absolute atomic E-state index is 0.472. The first-order chi connectivity index (χ1) is 10.3. The zero-order valence-electron chi connectivity index (χ0n) is 12.7. The number of aryl methyl sites for hydroxylation is 2. The summed E-state index contributed by atoms with van der Waals surface area (Å²) in [6.45, 7) is 3.05. The van der Waals surface area contributed by atoms with Crippen molar-refractivity contribution in [2.24, 2.45) is 0 Å². The highest BCUT2D eigenvalue weighted by Crippen LogP contribution is 2.32. The summed E-state index contributed by atoms with van der Waals surface area (Å²) >= 11 is 1.73. The lowest BCUT2D eigenvalue weighted by Crippen LogP contribution is -2.27. The monoisotopic (exact) mass is 302 g/mol. The van der Waals surface area contributed by atoms with E-state index in [2.05, 4.69) is 40.8 Å². The lowest BCUT2D eigenvalue weighted by Gasteiger charge is -2.27. The molecule has 0 bridgehead atoms. The van der Waals surface area contributed by atoms with Crippen molar-refractivity contribution in [2.45, 2.75) is 38.6 Å². The maximum Gasteiger partial charge on any atom is 0.119 e. The molecule has 0 aliphatic heterocycles. The number of benzene rings is 1. The summed E-state index contributed by atoms with van der Waals surface area (Å²) in [5, 5.41) is 7.01. The van der Waals surface area contributed by atoms with E-state index in [4.69, 9.17) is 4.74 Å². The molecule has 0 fully saturated rings. The Kier molecular flexibility index (Phi) is 4.56. The fourth-order valence-electron chi connectivity index (χ4n) is 3.03. The van der Waals surface area contributed by atoms with Gasteiger partial charge in [-0.1, -0.05) is 6.07 Å². The van der Waals surface area contributed by atoms with Crippen LogP contribution < -0.4 is 10.1 Å². The van der Waals surface area contributed by atoms with Crippen LogP contribution in [0.5, 0.6) is 5.75 Å². The molecule has 1 aromatic heterocycles. The second kappa shape index (κ2) is 6.58. The minimum Gasteiger partial charge on any atom is -0.497 e. The number of methoxy groups -OCH3 is 1. The number of thiazole rings is 1. The van der Waals surface area contributed by atoms with Crippen molar-refractivity contribution in [3.63, 3.8) is 0 Å². The van der Waals surface area contributed by atoms with Crippen LogP contribution in [0.2, 0.25) is 0 Å². The molecule has 112 valence electrons. The Morgan fingerprint density at radius 2 is 2.33 bits per heavy atom. The number of ether oxygens (including phenoxy) is 1. The van der Waals surface area contributed by atoms with E-state index in [9.17, 15) is 0 Å². The zero-order valence-corrected chi connectivity index (χ0v) is 13.5. The van der Waals surface area contributed by atoms with Crippen molar-refractivity contribution in [3.05, 3.63) is 45.4 Å². The molecule has 0 spiro atoms. The van der Waals surface area contributed by atoms with Gasteiger partial charge in [0, 0.05) is 24.4 Å². The summed E-state index contributed by atoms with van der Waals surface area (Å²) in [6, 6.07) is 6.95. The fraction of sp³-hybridized carbons (Fsp3) is 0.471. The molecule has 1 aliphatic carbocycles. The third-order valence-electron chi connectivity index (χ3n) is 4.10. The van der Waals surface area contributed by atoms with Gasteiger partial charge < -0.3 is 10.1 Å². The van der Waals surface area contributed by atoms with Gasteiger partial charge in [-0.3, -0.25) is 0 Å². The van der Waals surface area contributed by atoms with E-state index in [0.717, 1.165) is 30.1 Å². The van der Waals surface area contributed by atoms with Crippen molar-refractivity contribution < 1.29 is 4.74 Å². The molecule has 1 heterocycles. The highest BCUT2D eigenvalue weighted by atomic mass is 32.1. The Labute approximate surface area is 130 Å². The molecular weight excluding hydrogens is 280 g/mol. The predicted molar refractivity (Wildman–Crippen MR) is 87.2 cm³/mol. The van der Waals surface area contributed by atoms with Gasteiger partial charge >= 0.3 is 0 Å². The number of nitrogens with one attached hydrogen (secondary N) is 1. The van der Waals surface area contributed by atoms with Crippen LogP contribution in [0, 0.1) is 6.92 Å². The first-order valence-corrected chi connectivity index (χ1v) is 8.45. The normalized spacial score (nSPS) is 17.5. The Hall–Kier alpha value is -1.39. The molecule has 1 aromatic carbocycles. The van der Waals surface area contributed by atoms with Gasteiger partial charge in [0.05, 0.1) is 17.8 Å². The van der Waals surface area contributed by atoms with Gasteiger partial charge in [-0.25, -0.2) is 4.98 Å². The van der Waals surface area contributed by atoms with Gasteiger partial charge in [-0.05, 0) is 49.4 Å². The molecule has 1 atom stereocenters. The minimum atomic E-state index is 0.472. The summed E-state index contributed by atoms with van der Waals surface area (Å²) in [4.78, 5) is 4.52. The second-order valence-electron chi connectivity index (χ2n) is 5.57. The van der Waals surface area contributed by atoms with Gasteiger partial charge in [0.2, 0.25) is 0 Å². The number of hydrogen-bond acceptors (Lipinski definition) is 4. The Morgan fingerprint density at radius 1 is 1.43 bits per heavy atom. The van der Waals surface area contributed by atoms with Gasteiger partial charge in [0.1, 0.15) is 5.75 Å². The Bertz CT molecular complexity index is 609. The van der Waals surface area contributed by atoms with E-state index in [1.807, 2.05) is 0 Å². The van der Waals surface area contributed by atoms with Crippen molar-refractivity contribution in [1.82, 2.24) is 10.3 Å². The quantitative estimate of drug-likeness (QED) is 0.915. The first-order valence-electron chi connectivity index (χ1n) is 7.57. The average Bonchev–Trinajstić information content (AvgIpc) is 2.92. The summed E-state index contributed by atoms with van der Waals surface area (Å²) in [7, 11) is 1.73. The van der Waals surface area contributed by atoms with E-state index in [-0.39, 0.29) is 0 Å². The largest absolute Gasteiger partial charge is 0.497 e. The molecule has 0 saturated heterocycles. The van der Waals surface area contributed by atoms with Crippen molar-refractivity contribution >= 4 is 11.3 Å². The third-order valence-corrected chi connectivity index (χ3v) is 4.93. The third kappa shape index (κ3) is 3.44. The lowest BCUT2D eigenvalue weighted by molar-refractivity contribution is 0.411. The van der Waals surface area contributed by atoms with Crippen LogP contribution in [0.25, 0.3) is 0 Å². The van der Waals surface area contributed by atoms with Gasteiger partial charge in [-0.15, -0.1) is 11.3 Å². The highest BCUT2D eigenvalue weighted by Gasteiger charge is 2.20. The fourth-order valence-corrected chi connectivity index (χ4v) is 3.67. The Morgan fingerprint density at radius 3 is 3.10 bits per heavy atom. The van der Waals surface area contributed by atoms with Crippen LogP contribution in [0.15, 0.2) is 23.6 Å². The predicted octanol–water partition coefficient (Wildman–Crippen LogP) is 3.67. The molecule has 1 unspecified atom stereocenters. The smallest absolute Gasteiger partial charge is 0.119 e. The molecule has 21 heavy (non-hydrogen) atoms. The van der Waals surface area contributed by atoms with Gasteiger partial charge in [-0.2, -0.15) is 0 Å². The lowest BCUT2D eigenvalue weighted by atomic mass is 9.87. The molecule has 3 nitrogen and oxygen atoms in total. The van der Waals surface area contributed by atoms with E-state index < -0.39 is 0 Å². The molecule has 2 aromatic rings. The summed E-state index contributed by atoms with van der Waals surface area (Å²) in [6.07, 6.45) is 4.63. The maximum atomic E-state index is 5.33. The number of aromatic nitrogens is 1.